The van der Waals surface area contributed by atoms with Crippen molar-refractivity contribution in [2.75, 3.05) is 32.9 Å². The molecule has 1 aliphatic rings. The molecular formula is C14H23NO3. The molecule has 0 amide bonds. The van der Waals surface area contributed by atoms with Crippen LogP contribution in [-0.4, -0.2) is 38.0 Å². The molecular weight excluding hydrogens is 230 g/mol. The van der Waals surface area contributed by atoms with E-state index in [1.54, 1.807) is 0 Å². The van der Waals surface area contributed by atoms with Crippen LogP contribution in [0.5, 0.6) is 0 Å². The van der Waals surface area contributed by atoms with Gasteiger partial charge < -0.3 is 19.6 Å². The standard InChI is InChI=1S/C14H23NO3/c1-11-4-5-12(18-11)13(2,3)6-15-7-14(8-16)9-17-10-14/h4-5,15-16H,6-10H2,1-3H3. The molecule has 1 fully saturated rings. The maximum Gasteiger partial charge on any atom is 0.111 e. The highest BCUT2D eigenvalue weighted by Gasteiger charge is 2.38. The van der Waals surface area contributed by atoms with E-state index in [2.05, 4.69) is 19.2 Å². The molecule has 1 aromatic rings. The van der Waals surface area contributed by atoms with Gasteiger partial charge in [-0.05, 0) is 19.1 Å². The Morgan fingerprint density at radius 1 is 1.39 bits per heavy atom. The molecule has 18 heavy (non-hydrogen) atoms. The predicted octanol–water partition coefficient (Wildman–Crippen LogP) is 1.46. The van der Waals surface area contributed by atoms with Gasteiger partial charge in [-0.2, -0.15) is 0 Å². The molecule has 2 N–H and O–H groups in total. The zero-order valence-corrected chi connectivity index (χ0v) is 11.5. The van der Waals surface area contributed by atoms with Crippen molar-refractivity contribution in [3.8, 4) is 0 Å². The van der Waals surface area contributed by atoms with Crippen molar-refractivity contribution in [3.63, 3.8) is 0 Å². The van der Waals surface area contributed by atoms with Gasteiger partial charge in [0.15, 0.2) is 0 Å². The minimum atomic E-state index is -0.0742. The SMILES string of the molecule is Cc1ccc(C(C)(C)CNCC2(CO)COC2)o1. The van der Waals surface area contributed by atoms with E-state index < -0.39 is 0 Å². The fourth-order valence-corrected chi connectivity index (χ4v) is 2.17. The Balaban J connectivity index is 1.85. The molecule has 1 aliphatic heterocycles. The lowest BCUT2D eigenvalue weighted by Gasteiger charge is -2.40. The molecule has 1 aromatic heterocycles. The third kappa shape index (κ3) is 2.76. The number of furan rings is 1. The zero-order valence-electron chi connectivity index (χ0n) is 11.5. The molecule has 0 spiro atoms. The highest BCUT2D eigenvalue weighted by atomic mass is 16.5. The summed E-state index contributed by atoms with van der Waals surface area (Å²) in [7, 11) is 0. The summed E-state index contributed by atoms with van der Waals surface area (Å²) in [5.74, 6) is 1.94. The van der Waals surface area contributed by atoms with E-state index in [-0.39, 0.29) is 17.4 Å². The lowest BCUT2D eigenvalue weighted by molar-refractivity contribution is -0.134. The number of aryl methyl sites for hydroxylation is 1. The predicted molar refractivity (Wildman–Crippen MR) is 69.7 cm³/mol. The molecule has 1 saturated heterocycles. The number of nitrogens with one attached hydrogen (secondary N) is 1. The van der Waals surface area contributed by atoms with Crippen molar-refractivity contribution < 1.29 is 14.3 Å². The number of hydrogen-bond donors (Lipinski definition) is 2. The van der Waals surface area contributed by atoms with Crippen molar-refractivity contribution >= 4 is 0 Å². The fraction of sp³-hybridized carbons (Fsp3) is 0.714. The Labute approximate surface area is 108 Å². The third-order valence-corrected chi connectivity index (χ3v) is 3.63. The summed E-state index contributed by atoms with van der Waals surface area (Å²) in [4.78, 5) is 0. The fourth-order valence-electron chi connectivity index (χ4n) is 2.17. The minimum Gasteiger partial charge on any atom is -0.466 e. The highest BCUT2D eigenvalue weighted by molar-refractivity contribution is 5.15. The summed E-state index contributed by atoms with van der Waals surface area (Å²) in [6.45, 7) is 9.35. The Morgan fingerprint density at radius 2 is 2.11 bits per heavy atom. The molecule has 0 saturated carbocycles. The Hall–Kier alpha value is -0.840. The van der Waals surface area contributed by atoms with Gasteiger partial charge in [-0.3, -0.25) is 0 Å². The third-order valence-electron chi connectivity index (χ3n) is 3.63. The van der Waals surface area contributed by atoms with Crippen molar-refractivity contribution in [2.24, 2.45) is 5.41 Å². The van der Waals surface area contributed by atoms with E-state index in [0.29, 0.717) is 13.2 Å². The Morgan fingerprint density at radius 3 is 2.56 bits per heavy atom. The number of aliphatic hydroxyl groups excluding tert-OH is 1. The number of hydrogen-bond acceptors (Lipinski definition) is 4. The van der Waals surface area contributed by atoms with Crippen LogP contribution in [0.15, 0.2) is 16.5 Å². The van der Waals surface area contributed by atoms with Gasteiger partial charge >= 0.3 is 0 Å². The van der Waals surface area contributed by atoms with Gasteiger partial charge in [-0.25, -0.2) is 0 Å². The monoisotopic (exact) mass is 253 g/mol. The van der Waals surface area contributed by atoms with Crippen molar-refractivity contribution in [1.29, 1.82) is 0 Å². The number of aliphatic hydroxyl groups is 1. The van der Waals surface area contributed by atoms with Crippen LogP contribution in [0.3, 0.4) is 0 Å². The van der Waals surface area contributed by atoms with Crippen LogP contribution in [0.2, 0.25) is 0 Å². The van der Waals surface area contributed by atoms with Gasteiger partial charge in [0.25, 0.3) is 0 Å². The van der Waals surface area contributed by atoms with Crippen LogP contribution in [0, 0.1) is 12.3 Å². The maximum absolute atomic E-state index is 9.35. The maximum atomic E-state index is 9.35. The van der Waals surface area contributed by atoms with Gasteiger partial charge in [0.05, 0.1) is 25.2 Å². The van der Waals surface area contributed by atoms with Crippen LogP contribution in [0.25, 0.3) is 0 Å². The molecule has 4 nitrogen and oxygen atoms in total. The van der Waals surface area contributed by atoms with E-state index >= 15 is 0 Å². The quantitative estimate of drug-likeness (QED) is 0.806. The smallest absolute Gasteiger partial charge is 0.111 e. The van der Waals surface area contributed by atoms with Gasteiger partial charge in [0.2, 0.25) is 0 Å². The van der Waals surface area contributed by atoms with Crippen molar-refractivity contribution in [3.05, 3.63) is 23.7 Å². The topological polar surface area (TPSA) is 54.6 Å². The van der Waals surface area contributed by atoms with Gasteiger partial charge in [-0.15, -0.1) is 0 Å². The molecule has 102 valence electrons. The van der Waals surface area contributed by atoms with E-state index in [0.717, 1.165) is 24.6 Å². The van der Waals surface area contributed by atoms with E-state index in [4.69, 9.17) is 9.15 Å². The molecule has 0 radical (unpaired) electrons. The van der Waals surface area contributed by atoms with Crippen LogP contribution in [0.1, 0.15) is 25.4 Å². The first kappa shape index (κ1) is 13.6. The molecule has 0 unspecified atom stereocenters. The molecule has 0 bridgehead atoms. The second-order valence-electron chi connectivity index (χ2n) is 6.05. The average Bonchev–Trinajstić information content (AvgIpc) is 2.70. The van der Waals surface area contributed by atoms with E-state index in [1.807, 2.05) is 19.1 Å². The number of ether oxygens (including phenoxy) is 1. The second-order valence-corrected chi connectivity index (χ2v) is 6.05. The lowest BCUT2D eigenvalue weighted by atomic mass is 9.85. The summed E-state index contributed by atoms with van der Waals surface area (Å²) < 4.78 is 10.9. The molecule has 2 heterocycles. The van der Waals surface area contributed by atoms with Crippen LogP contribution in [0.4, 0.5) is 0 Å². The largest absolute Gasteiger partial charge is 0.466 e. The van der Waals surface area contributed by atoms with Crippen LogP contribution in [-0.2, 0) is 10.2 Å². The zero-order chi connectivity index (χ0) is 13.2. The summed E-state index contributed by atoms with van der Waals surface area (Å²) in [5, 5.41) is 12.8. The van der Waals surface area contributed by atoms with Gasteiger partial charge in [0.1, 0.15) is 11.5 Å². The lowest BCUT2D eigenvalue weighted by Crippen LogP contribution is -2.53. The highest BCUT2D eigenvalue weighted by Crippen LogP contribution is 2.27. The molecule has 0 aromatic carbocycles. The summed E-state index contributed by atoms with van der Waals surface area (Å²) in [6.07, 6.45) is 0. The number of rotatable bonds is 6. The molecule has 2 rings (SSSR count). The Bertz CT molecular complexity index is 388. The normalized spacial score (nSPS) is 18.7. The van der Waals surface area contributed by atoms with Gasteiger partial charge in [-0.1, -0.05) is 13.8 Å². The minimum absolute atomic E-state index is 0.0461. The summed E-state index contributed by atoms with van der Waals surface area (Å²) in [6, 6.07) is 4.03. The summed E-state index contributed by atoms with van der Waals surface area (Å²) in [5.41, 5.74) is -0.120. The molecule has 0 atom stereocenters. The molecule has 0 aliphatic carbocycles. The van der Waals surface area contributed by atoms with Gasteiger partial charge in [0, 0.05) is 18.5 Å². The summed E-state index contributed by atoms with van der Waals surface area (Å²) >= 11 is 0. The first-order chi connectivity index (χ1) is 8.47. The molecule has 4 heteroatoms. The van der Waals surface area contributed by atoms with Crippen molar-refractivity contribution in [2.45, 2.75) is 26.2 Å². The van der Waals surface area contributed by atoms with E-state index in [9.17, 15) is 5.11 Å². The van der Waals surface area contributed by atoms with Crippen LogP contribution < -0.4 is 5.32 Å². The first-order valence-corrected chi connectivity index (χ1v) is 6.44. The Kier molecular flexibility index (Phi) is 3.80. The van der Waals surface area contributed by atoms with E-state index in [1.165, 1.54) is 0 Å². The second kappa shape index (κ2) is 5.03. The van der Waals surface area contributed by atoms with Crippen LogP contribution >= 0.6 is 0 Å². The first-order valence-electron chi connectivity index (χ1n) is 6.44. The average molecular weight is 253 g/mol. The van der Waals surface area contributed by atoms with Crippen molar-refractivity contribution in [1.82, 2.24) is 5.32 Å².